The number of hydrogen-bond donors (Lipinski definition) is 0. The van der Waals surface area contributed by atoms with Gasteiger partial charge in [-0.05, 0) is 54.7 Å². The largest absolute Gasteiger partial charge is 0.372 e. The van der Waals surface area contributed by atoms with E-state index in [1.54, 1.807) is 6.08 Å². The first kappa shape index (κ1) is 21.0. The first-order valence-corrected chi connectivity index (χ1v) is 10.3. The number of benzene rings is 2. The van der Waals surface area contributed by atoms with Crippen LogP contribution in [0.2, 0.25) is 0 Å². The first-order chi connectivity index (χ1) is 13.2. The number of anilines is 1. The zero-order chi connectivity index (χ0) is 19.5. The summed E-state index contributed by atoms with van der Waals surface area (Å²) >= 11 is 0. The van der Waals surface area contributed by atoms with E-state index in [-0.39, 0.29) is 5.78 Å². The van der Waals surface area contributed by atoms with Crippen molar-refractivity contribution in [3.05, 3.63) is 71.3 Å². The van der Waals surface area contributed by atoms with E-state index in [2.05, 4.69) is 56.0 Å². The van der Waals surface area contributed by atoms with Crippen molar-refractivity contribution in [2.75, 3.05) is 18.0 Å². The second-order valence-corrected chi connectivity index (χ2v) is 7.04. The van der Waals surface area contributed by atoms with E-state index in [9.17, 15) is 4.79 Å². The van der Waals surface area contributed by atoms with Crippen molar-refractivity contribution in [3.63, 3.8) is 0 Å². The van der Waals surface area contributed by atoms with Gasteiger partial charge in [-0.3, -0.25) is 4.79 Å². The average Bonchev–Trinajstić information content (AvgIpc) is 2.72. The predicted octanol–water partition coefficient (Wildman–Crippen LogP) is 6.55. The number of allylic oxidation sites excluding steroid dienone is 1. The van der Waals surface area contributed by atoms with E-state index in [1.807, 2.05) is 24.3 Å². The van der Waals surface area contributed by atoms with E-state index >= 15 is 0 Å². The van der Waals surface area contributed by atoms with Crippen LogP contribution in [0.25, 0.3) is 6.08 Å². The zero-order valence-electron chi connectivity index (χ0n) is 17.1. The van der Waals surface area contributed by atoms with Gasteiger partial charge < -0.3 is 4.90 Å². The highest BCUT2D eigenvalue weighted by molar-refractivity contribution is 6.06. The van der Waals surface area contributed by atoms with Crippen molar-refractivity contribution in [1.82, 2.24) is 0 Å². The number of carbonyl (C=O) groups is 1. The van der Waals surface area contributed by atoms with Gasteiger partial charge in [0, 0.05) is 24.3 Å². The molecule has 2 aromatic carbocycles. The Kier molecular flexibility index (Phi) is 8.83. The van der Waals surface area contributed by atoms with Crippen LogP contribution in [-0.4, -0.2) is 18.9 Å². The summed E-state index contributed by atoms with van der Waals surface area (Å²) in [5.74, 6) is 0.0573. The topological polar surface area (TPSA) is 20.3 Å². The van der Waals surface area contributed by atoms with Crippen LogP contribution in [0, 0.1) is 0 Å². The number of nitrogens with zero attached hydrogens (tertiary/aromatic N) is 1. The van der Waals surface area contributed by atoms with E-state index in [1.165, 1.54) is 36.9 Å². The number of carbonyl (C=O) groups excluding carboxylic acids is 1. The van der Waals surface area contributed by atoms with E-state index in [0.29, 0.717) is 0 Å². The van der Waals surface area contributed by atoms with Gasteiger partial charge in [-0.25, -0.2) is 0 Å². The molecule has 0 unspecified atom stereocenters. The monoisotopic (exact) mass is 363 g/mol. The first-order valence-electron chi connectivity index (χ1n) is 10.3. The van der Waals surface area contributed by atoms with Gasteiger partial charge in [-0.2, -0.15) is 0 Å². The van der Waals surface area contributed by atoms with Crippen LogP contribution in [0.5, 0.6) is 0 Å². The third-order valence-corrected chi connectivity index (χ3v) is 4.87. The van der Waals surface area contributed by atoms with Gasteiger partial charge in [0.05, 0.1) is 0 Å². The summed E-state index contributed by atoms with van der Waals surface area (Å²) in [5, 5.41) is 0. The molecule has 0 saturated carbocycles. The lowest BCUT2D eigenvalue weighted by Gasteiger charge is -2.24. The molecule has 0 aliphatic heterocycles. The lowest BCUT2D eigenvalue weighted by molar-refractivity contribution is 0.104. The van der Waals surface area contributed by atoms with Crippen molar-refractivity contribution in [2.24, 2.45) is 0 Å². The van der Waals surface area contributed by atoms with Crippen molar-refractivity contribution in [1.29, 1.82) is 0 Å². The number of hydrogen-bond acceptors (Lipinski definition) is 2. The molecule has 0 aromatic heterocycles. The summed E-state index contributed by atoms with van der Waals surface area (Å²) in [5.41, 5.74) is 4.28. The Bertz CT molecular complexity index is 722. The number of rotatable bonds is 11. The van der Waals surface area contributed by atoms with Crippen LogP contribution < -0.4 is 4.90 Å². The normalized spacial score (nSPS) is 11.1. The second kappa shape index (κ2) is 11.4. The molecule has 144 valence electrons. The minimum absolute atomic E-state index is 0.0573. The molecule has 0 bridgehead atoms. The molecule has 0 N–H and O–H groups in total. The highest BCUT2D eigenvalue weighted by Gasteiger charge is 2.06. The van der Waals surface area contributed by atoms with E-state index in [0.717, 1.165) is 30.6 Å². The molecule has 27 heavy (non-hydrogen) atoms. The second-order valence-electron chi connectivity index (χ2n) is 7.04. The maximum absolute atomic E-state index is 12.4. The molecule has 0 spiro atoms. The van der Waals surface area contributed by atoms with Crippen molar-refractivity contribution in [3.8, 4) is 0 Å². The van der Waals surface area contributed by atoms with Crippen molar-refractivity contribution in [2.45, 2.75) is 52.9 Å². The molecule has 0 radical (unpaired) electrons. The maximum atomic E-state index is 12.4. The number of aryl methyl sites for hydroxylation is 1. The van der Waals surface area contributed by atoms with Crippen molar-refractivity contribution < 1.29 is 4.79 Å². The van der Waals surface area contributed by atoms with Crippen molar-refractivity contribution >= 4 is 17.5 Å². The zero-order valence-corrected chi connectivity index (χ0v) is 17.1. The van der Waals surface area contributed by atoms with Gasteiger partial charge >= 0.3 is 0 Å². The molecule has 0 fully saturated rings. The van der Waals surface area contributed by atoms with Gasteiger partial charge in [0.25, 0.3) is 0 Å². The molecule has 0 aliphatic rings. The van der Waals surface area contributed by atoms with Gasteiger partial charge in [0.1, 0.15) is 0 Å². The Balaban J connectivity index is 2.04. The molecule has 2 rings (SSSR count). The Labute approximate surface area is 164 Å². The molecule has 2 aromatic rings. The summed E-state index contributed by atoms with van der Waals surface area (Å²) in [6.45, 7) is 8.79. The van der Waals surface area contributed by atoms with Crippen LogP contribution >= 0.6 is 0 Å². The summed E-state index contributed by atoms with van der Waals surface area (Å²) in [4.78, 5) is 14.9. The Morgan fingerprint density at radius 2 is 1.59 bits per heavy atom. The summed E-state index contributed by atoms with van der Waals surface area (Å²) in [6, 6.07) is 16.4. The lowest BCUT2D eigenvalue weighted by Crippen LogP contribution is -2.25. The standard InChI is InChI=1S/C25H33NO/c1-4-7-18-26(19-8-5-2)24-15-12-22(13-16-24)14-17-25(27)23-11-9-10-21(6-3)20-23/h9-17,20H,4-8,18-19H2,1-3H3/b17-14+. The van der Waals surface area contributed by atoms with E-state index < -0.39 is 0 Å². The van der Waals surface area contributed by atoms with Gasteiger partial charge in [0.2, 0.25) is 0 Å². The molecule has 0 saturated heterocycles. The fourth-order valence-electron chi connectivity index (χ4n) is 3.08. The number of unbranched alkanes of at least 4 members (excludes halogenated alkanes) is 2. The van der Waals surface area contributed by atoms with Crippen LogP contribution in [0.1, 0.15) is 67.9 Å². The quantitative estimate of drug-likeness (QED) is 0.333. The summed E-state index contributed by atoms with van der Waals surface area (Å²) < 4.78 is 0. The van der Waals surface area contributed by atoms with Gasteiger partial charge in [0.15, 0.2) is 5.78 Å². The van der Waals surface area contributed by atoms with E-state index in [4.69, 9.17) is 0 Å². The third-order valence-electron chi connectivity index (χ3n) is 4.87. The Hall–Kier alpha value is -2.35. The molecular formula is C25H33NO. The fourth-order valence-corrected chi connectivity index (χ4v) is 3.08. The smallest absolute Gasteiger partial charge is 0.185 e. The van der Waals surface area contributed by atoms with Crippen LogP contribution in [0.15, 0.2) is 54.6 Å². The third kappa shape index (κ3) is 6.71. The molecule has 2 nitrogen and oxygen atoms in total. The minimum atomic E-state index is 0.0573. The highest BCUT2D eigenvalue weighted by atomic mass is 16.1. The highest BCUT2D eigenvalue weighted by Crippen LogP contribution is 2.18. The van der Waals surface area contributed by atoms with Crippen LogP contribution in [0.3, 0.4) is 0 Å². The molecule has 0 atom stereocenters. The van der Waals surface area contributed by atoms with Crippen LogP contribution in [0.4, 0.5) is 5.69 Å². The lowest BCUT2D eigenvalue weighted by atomic mass is 10.0. The van der Waals surface area contributed by atoms with Gasteiger partial charge in [-0.1, -0.05) is 70.0 Å². The summed E-state index contributed by atoms with van der Waals surface area (Å²) in [6.07, 6.45) is 9.39. The van der Waals surface area contributed by atoms with Gasteiger partial charge in [-0.15, -0.1) is 0 Å². The Morgan fingerprint density at radius 1 is 0.926 bits per heavy atom. The SMILES string of the molecule is CCCCN(CCCC)c1ccc(/C=C/C(=O)c2cccc(CC)c2)cc1. The predicted molar refractivity (Wildman–Crippen MR) is 118 cm³/mol. The fraction of sp³-hybridized carbons (Fsp3) is 0.400. The molecular weight excluding hydrogens is 330 g/mol. The average molecular weight is 364 g/mol. The van der Waals surface area contributed by atoms with Crippen LogP contribution in [-0.2, 0) is 6.42 Å². The minimum Gasteiger partial charge on any atom is -0.372 e. The number of ketones is 1. The Morgan fingerprint density at radius 3 is 2.19 bits per heavy atom. The molecule has 2 heteroatoms. The molecule has 0 aliphatic carbocycles. The molecule has 0 heterocycles. The maximum Gasteiger partial charge on any atom is 0.185 e. The summed E-state index contributed by atoms with van der Waals surface area (Å²) in [7, 11) is 0. The molecule has 0 amide bonds.